The van der Waals surface area contributed by atoms with Gasteiger partial charge in [-0.25, -0.2) is 0 Å². The molecule has 0 saturated carbocycles. The van der Waals surface area contributed by atoms with Crippen LogP contribution in [-0.4, -0.2) is 34.2 Å². The number of aromatic nitrogens is 1. The molecule has 1 rings (SSSR count). The molecule has 4 nitrogen and oxygen atoms in total. The molecule has 0 bridgehead atoms. The minimum atomic E-state index is 0.0473. The molecule has 0 fully saturated rings. The van der Waals surface area contributed by atoms with Crippen LogP contribution in [0, 0.1) is 0 Å². The highest BCUT2D eigenvalue weighted by Gasteiger charge is 2.13. The summed E-state index contributed by atoms with van der Waals surface area (Å²) in [5.41, 5.74) is 0.674. The minimum Gasteiger partial charge on any atom is -0.344 e. The first kappa shape index (κ1) is 13.5. The van der Waals surface area contributed by atoms with Crippen LogP contribution in [0.4, 0.5) is 0 Å². The van der Waals surface area contributed by atoms with Crippen molar-refractivity contribution in [1.82, 2.24) is 9.47 Å². The molecule has 0 aliphatic heterocycles. The van der Waals surface area contributed by atoms with Crippen molar-refractivity contribution in [3.8, 4) is 0 Å². The van der Waals surface area contributed by atoms with Crippen molar-refractivity contribution in [2.24, 2.45) is 0 Å². The van der Waals surface area contributed by atoms with E-state index in [4.69, 9.17) is 0 Å². The van der Waals surface area contributed by atoms with E-state index in [1.165, 1.54) is 0 Å². The largest absolute Gasteiger partial charge is 0.344 e. The van der Waals surface area contributed by atoms with Gasteiger partial charge in [0.2, 0.25) is 5.91 Å². The van der Waals surface area contributed by atoms with E-state index in [0.717, 1.165) is 0 Å². The maximum absolute atomic E-state index is 11.8. The van der Waals surface area contributed by atoms with Gasteiger partial charge < -0.3 is 9.47 Å². The highest BCUT2D eigenvalue weighted by Crippen LogP contribution is 2.06. The fraction of sp³-hybridized carbons (Fsp3) is 0.538. The molecular formula is C13H20N2O2. The Morgan fingerprint density at radius 1 is 1.41 bits per heavy atom. The molecule has 1 heterocycles. The molecule has 1 aromatic heterocycles. The molecule has 0 aliphatic rings. The lowest BCUT2D eigenvalue weighted by atomic mass is 10.2. The molecule has 1 amide bonds. The molecule has 0 aromatic carbocycles. The molecule has 4 heteroatoms. The van der Waals surface area contributed by atoms with Crippen LogP contribution in [0.3, 0.4) is 0 Å². The summed E-state index contributed by atoms with van der Waals surface area (Å²) in [5, 5.41) is 0. The van der Waals surface area contributed by atoms with Gasteiger partial charge in [0.1, 0.15) is 6.54 Å². The summed E-state index contributed by atoms with van der Waals surface area (Å²) < 4.78 is 1.75. The highest BCUT2D eigenvalue weighted by molar-refractivity contribution is 5.95. The number of hydrogen-bond donors (Lipinski definition) is 0. The van der Waals surface area contributed by atoms with Crippen molar-refractivity contribution in [1.29, 1.82) is 0 Å². The van der Waals surface area contributed by atoms with E-state index in [1.807, 2.05) is 20.8 Å². The fourth-order valence-electron chi connectivity index (χ4n) is 1.46. The Labute approximate surface area is 102 Å². The summed E-state index contributed by atoms with van der Waals surface area (Å²) in [6.45, 7) is 6.06. The number of carbonyl (C=O) groups is 2. The zero-order chi connectivity index (χ0) is 13.0. The second-order valence-electron chi connectivity index (χ2n) is 4.45. The van der Waals surface area contributed by atoms with Crippen LogP contribution < -0.4 is 0 Å². The molecular weight excluding hydrogens is 216 g/mol. The zero-order valence-corrected chi connectivity index (χ0v) is 10.9. The standard InChI is InChI=1S/C13H20N2O2/c1-5-12(16)11-6-7-15(8-11)9-13(17)14(4)10(2)3/h6-8,10H,5,9H2,1-4H3. The molecule has 0 N–H and O–H groups in total. The predicted molar refractivity (Wildman–Crippen MR) is 67.0 cm³/mol. The number of likely N-dealkylation sites (N-methyl/N-ethyl adjacent to an activating group) is 1. The average molecular weight is 236 g/mol. The summed E-state index contributed by atoms with van der Waals surface area (Å²) in [7, 11) is 1.79. The molecule has 94 valence electrons. The molecule has 0 atom stereocenters. The van der Waals surface area contributed by atoms with Gasteiger partial charge in [-0.05, 0) is 19.9 Å². The summed E-state index contributed by atoms with van der Waals surface area (Å²) in [4.78, 5) is 25.0. The quantitative estimate of drug-likeness (QED) is 0.733. The van der Waals surface area contributed by atoms with Gasteiger partial charge in [-0.3, -0.25) is 9.59 Å². The number of carbonyl (C=O) groups excluding carboxylic acids is 2. The van der Waals surface area contributed by atoms with Gasteiger partial charge in [0.05, 0.1) is 0 Å². The first-order valence-electron chi connectivity index (χ1n) is 5.90. The predicted octanol–water partition coefficient (Wildman–Crippen LogP) is 1.95. The Morgan fingerprint density at radius 2 is 2.06 bits per heavy atom. The maximum Gasteiger partial charge on any atom is 0.242 e. The van der Waals surface area contributed by atoms with Crippen molar-refractivity contribution in [2.75, 3.05) is 7.05 Å². The fourth-order valence-corrected chi connectivity index (χ4v) is 1.46. The Balaban J connectivity index is 2.67. The van der Waals surface area contributed by atoms with Crippen LogP contribution in [0.2, 0.25) is 0 Å². The number of ketones is 1. The molecule has 0 unspecified atom stereocenters. The average Bonchev–Trinajstić information content (AvgIpc) is 2.75. The van der Waals surface area contributed by atoms with E-state index in [0.29, 0.717) is 12.0 Å². The lowest BCUT2D eigenvalue weighted by Crippen LogP contribution is -2.35. The Kier molecular flexibility index (Phi) is 4.49. The van der Waals surface area contributed by atoms with E-state index in [9.17, 15) is 9.59 Å². The number of Topliss-reactive ketones (excluding diaryl/α,β-unsaturated/α-hetero) is 1. The first-order valence-corrected chi connectivity index (χ1v) is 5.90. The second kappa shape index (κ2) is 5.66. The number of nitrogens with zero attached hydrogens (tertiary/aromatic N) is 2. The summed E-state index contributed by atoms with van der Waals surface area (Å²) in [6.07, 6.45) is 4.00. The van der Waals surface area contributed by atoms with Crippen molar-refractivity contribution < 1.29 is 9.59 Å². The normalized spacial score (nSPS) is 10.6. The lowest BCUT2D eigenvalue weighted by Gasteiger charge is -2.21. The molecule has 0 aliphatic carbocycles. The second-order valence-corrected chi connectivity index (χ2v) is 4.45. The van der Waals surface area contributed by atoms with Crippen LogP contribution >= 0.6 is 0 Å². The molecule has 0 saturated heterocycles. The van der Waals surface area contributed by atoms with Gasteiger partial charge in [-0.15, -0.1) is 0 Å². The monoisotopic (exact) mass is 236 g/mol. The number of hydrogen-bond acceptors (Lipinski definition) is 2. The third kappa shape index (κ3) is 3.44. The van der Waals surface area contributed by atoms with E-state index >= 15 is 0 Å². The Hall–Kier alpha value is -1.58. The third-order valence-electron chi connectivity index (χ3n) is 2.88. The van der Waals surface area contributed by atoms with E-state index in [-0.39, 0.29) is 24.3 Å². The van der Waals surface area contributed by atoms with Gasteiger partial charge in [0, 0.05) is 37.5 Å². The van der Waals surface area contributed by atoms with Crippen molar-refractivity contribution in [3.63, 3.8) is 0 Å². The molecule has 0 radical (unpaired) electrons. The van der Waals surface area contributed by atoms with Crippen LogP contribution in [0.5, 0.6) is 0 Å². The van der Waals surface area contributed by atoms with Crippen LogP contribution in [0.1, 0.15) is 37.6 Å². The van der Waals surface area contributed by atoms with Gasteiger partial charge in [-0.1, -0.05) is 6.92 Å². The summed E-state index contributed by atoms with van der Waals surface area (Å²) in [5.74, 6) is 0.152. The van der Waals surface area contributed by atoms with Crippen molar-refractivity contribution in [3.05, 3.63) is 24.0 Å². The van der Waals surface area contributed by atoms with E-state index in [2.05, 4.69) is 0 Å². The molecule has 17 heavy (non-hydrogen) atoms. The minimum absolute atomic E-state index is 0.0473. The van der Waals surface area contributed by atoms with Crippen LogP contribution in [-0.2, 0) is 11.3 Å². The van der Waals surface area contributed by atoms with Gasteiger partial charge >= 0.3 is 0 Å². The number of rotatable bonds is 5. The SMILES string of the molecule is CCC(=O)c1ccn(CC(=O)N(C)C(C)C)c1. The van der Waals surface area contributed by atoms with Gasteiger partial charge in [0.25, 0.3) is 0 Å². The van der Waals surface area contributed by atoms with Gasteiger partial charge in [-0.2, -0.15) is 0 Å². The van der Waals surface area contributed by atoms with E-state index in [1.54, 1.807) is 35.0 Å². The Bertz CT molecular complexity index is 407. The third-order valence-corrected chi connectivity index (χ3v) is 2.88. The number of amides is 1. The van der Waals surface area contributed by atoms with Crippen LogP contribution in [0.25, 0.3) is 0 Å². The maximum atomic E-state index is 11.8. The summed E-state index contributed by atoms with van der Waals surface area (Å²) in [6, 6.07) is 1.95. The first-order chi connectivity index (χ1) is 7.95. The van der Waals surface area contributed by atoms with Crippen LogP contribution in [0.15, 0.2) is 18.5 Å². The Morgan fingerprint density at radius 3 is 2.59 bits per heavy atom. The molecule has 1 aromatic rings. The zero-order valence-electron chi connectivity index (χ0n) is 10.9. The highest BCUT2D eigenvalue weighted by atomic mass is 16.2. The molecule has 0 spiro atoms. The lowest BCUT2D eigenvalue weighted by molar-refractivity contribution is -0.131. The van der Waals surface area contributed by atoms with Crippen molar-refractivity contribution in [2.45, 2.75) is 39.8 Å². The van der Waals surface area contributed by atoms with Gasteiger partial charge in [0.15, 0.2) is 5.78 Å². The topological polar surface area (TPSA) is 42.3 Å². The van der Waals surface area contributed by atoms with E-state index < -0.39 is 0 Å². The summed E-state index contributed by atoms with van der Waals surface area (Å²) >= 11 is 0. The van der Waals surface area contributed by atoms with Crippen molar-refractivity contribution >= 4 is 11.7 Å². The smallest absolute Gasteiger partial charge is 0.242 e.